The zero-order chi connectivity index (χ0) is 23.8. The third-order valence-electron chi connectivity index (χ3n) is 5.98. The van der Waals surface area contributed by atoms with Gasteiger partial charge < -0.3 is 24.4 Å². The van der Waals surface area contributed by atoms with Crippen LogP contribution in [0.25, 0.3) is 0 Å². The van der Waals surface area contributed by atoms with Gasteiger partial charge >= 0.3 is 0 Å². The van der Waals surface area contributed by atoms with Gasteiger partial charge in [-0.15, -0.1) is 0 Å². The minimum atomic E-state index is -0.0376. The normalized spacial score (nSPS) is 14.0. The van der Waals surface area contributed by atoms with Gasteiger partial charge in [0.15, 0.2) is 11.5 Å². The van der Waals surface area contributed by atoms with Gasteiger partial charge in [0.05, 0.1) is 20.8 Å². The molecule has 0 bridgehead atoms. The van der Waals surface area contributed by atoms with E-state index in [0.29, 0.717) is 49.6 Å². The monoisotopic (exact) mass is 454 g/mol. The van der Waals surface area contributed by atoms with Crippen molar-refractivity contribution in [1.29, 1.82) is 0 Å². The molecule has 7 heteroatoms. The van der Waals surface area contributed by atoms with E-state index in [4.69, 9.17) is 14.2 Å². The van der Waals surface area contributed by atoms with E-state index in [9.17, 15) is 9.59 Å². The molecule has 1 fully saturated rings. The zero-order valence-electron chi connectivity index (χ0n) is 20.0. The first kappa shape index (κ1) is 24.4. The minimum Gasteiger partial charge on any atom is -0.493 e. The van der Waals surface area contributed by atoms with Crippen molar-refractivity contribution in [2.24, 2.45) is 0 Å². The highest BCUT2D eigenvalue weighted by Gasteiger charge is 2.25. The molecule has 2 aromatic rings. The maximum absolute atomic E-state index is 12.9. The van der Waals surface area contributed by atoms with Crippen LogP contribution in [0.1, 0.15) is 47.2 Å². The summed E-state index contributed by atoms with van der Waals surface area (Å²) in [6, 6.07) is 11.3. The zero-order valence-corrected chi connectivity index (χ0v) is 20.0. The lowest BCUT2D eigenvalue weighted by atomic mass is 10.0. The topological polar surface area (TPSA) is 77.1 Å². The van der Waals surface area contributed by atoms with E-state index in [2.05, 4.69) is 5.32 Å². The maximum Gasteiger partial charge on any atom is 0.253 e. The third kappa shape index (κ3) is 6.40. The van der Waals surface area contributed by atoms with Crippen LogP contribution in [0.2, 0.25) is 0 Å². The summed E-state index contributed by atoms with van der Waals surface area (Å²) in [5, 5.41) is 3.10. The lowest BCUT2D eigenvalue weighted by Crippen LogP contribution is -2.46. The number of benzene rings is 2. The number of para-hydroxylation sites is 1. The van der Waals surface area contributed by atoms with Crippen molar-refractivity contribution in [2.45, 2.75) is 45.6 Å². The van der Waals surface area contributed by atoms with Crippen molar-refractivity contribution < 1.29 is 23.8 Å². The van der Waals surface area contributed by atoms with Gasteiger partial charge in [0.2, 0.25) is 5.91 Å². The number of aryl methyl sites for hydroxylation is 2. The summed E-state index contributed by atoms with van der Waals surface area (Å²) in [5.41, 5.74) is 2.78. The van der Waals surface area contributed by atoms with E-state index in [1.54, 1.807) is 32.4 Å². The van der Waals surface area contributed by atoms with Gasteiger partial charge in [0.25, 0.3) is 5.91 Å². The highest BCUT2D eigenvalue weighted by Crippen LogP contribution is 2.28. The molecule has 3 rings (SSSR count). The molecule has 33 heavy (non-hydrogen) atoms. The summed E-state index contributed by atoms with van der Waals surface area (Å²) in [6.45, 7) is 5.77. The Morgan fingerprint density at radius 2 is 1.67 bits per heavy atom. The molecule has 1 N–H and O–H groups in total. The molecule has 0 spiro atoms. The number of methoxy groups -OCH3 is 2. The van der Waals surface area contributed by atoms with Gasteiger partial charge in [0.1, 0.15) is 5.75 Å². The number of hydrogen-bond acceptors (Lipinski definition) is 5. The van der Waals surface area contributed by atoms with Crippen molar-refractivity contribution in [3.8, 4) is 17.2 Å². The van der Waals surface area contributed by atoms with E-state index >= 15 is 0 Å². The standard InChI is InChI=1S/C26H34N2O5/c1-18-7-5-8-19(2)25(18)33-16-6-9-24(29)27-21-12-14-28(15-13-21)26(30)20-10-11-22(31-3)23(17-20)32-4/h5,7-8,10-11,17,21H,6,9,12-16H2,1-4H3,(H,27,29). The molecule has 0 radical (unpaired) electrons. The number of carbonyl (C=O) groups excluding carboxylic acids is 2. The Morgan fingerprint density at radius 1 is 1.00 bits per heavy atom. The van der Waals surface area contributed by atoms with Crippen LogP contribution in [0.3, 0.4) is 0 Å². The molecule has 1 saturated heterocycles. The molecular weight excluding hydrogens is 420 g/mol. The molecular formula is C26H34N2O5. The fourth-order valence-electron chi connectivity index (χ4n) is 4.11. The SMILES string of the molecule is COc1ccc(C(=O)N2CCC(NC(=O)CCCOc3c(C)cccc3C)CC2)cc1OC. The molecule has 1 heterocycles. The summed E-state index contributed by atoms with van der Waals surface area (Å²) >= 11 is 0. The lowest BCUT2D eigenvalue weighted by Gasteiger charge is -2.32. The number of hydrogen-bond donors (Lipinski definition) is 1. The second-order valence-corrected chi connectivity index (χ2v) is 8.38. The van der Waals surface area contributed by atoms with E-state index < -0.39 is 0 Å². The quantitative estimate of drug-likeness (QED) is 0.582. The van der Waals surface area contributed by atoms with Crippen LogP contribution in [0.4, 0.5) is 0 Å². The van der Waals surface area contributed by atoms with Crippen LogP contribution in [0.5, 0.6) is 17.2 Å². The summed E-state index contributed by atoms with van der Waals surface area (Å²) < 4.78 is 16.4. The molecule has 0 atom stereocenters. The Kier molecular flexibility index (Phi) is 8.58. The molecule has 2 aromatic carbocycles. The van der Waals surface area contributed by atoms with Crippen molar-refractivity contribution in [2.75, 3.05) is 33.9 Å². The van der Waals surface area contributed by atoms with Crippen LogP contribution in [-0.2, 0) is 4.79 Å². The fraction of sp³-hybridized carbons (Fsp3) is 0.462. The largest absolute Gasteiger partial charge is 0.493 e. The number of carbonyl (C=O) groups is 2. The first-order chi connectivity index (χ1) is 15.9. The van der Waals surface area contributed by atoms with Crippen LogP contribution in [-0.4, -0.2) is 56.7 Å². The predicted molar refractivity (Wildman–Crippen MR) is 127 cm³/mol. The van der Waals surface area contributed by atoms with E-state index in [0.717, 1.165) is 29.7 Å². The summed E-state index contributed by atoms with van der Waals surface area (Å²) in [7, 11) is 3.12. The van der Waals surface area contributed by atoms with Crippen molar-refractivity contribution in [3.05, 3.63) is 53.1 Å². The molecule has 0 aromatic heterocycles. The van der Waals surface area contributed by atoms with Crippen LogP contribution < -0.4 is 19.5 Å². The van der Waals surface area contributed by atoms with Crippen molar-refractivity contribution >= 4 is 11.8 Å². The molecule has 7 nitrogen and oxygen atoms in total. The highest BCUT2D eigenvalue weighted by molar-refractivity contribution is 5.95. The Balaban J connectivity index is 1.40. The van der Waals surface area contributed by atoms with Crippen LogP contribution in [0.15, 0.2) is 36.4 Å². The molecule has 0 saturated carbocycles. The second-order valence-electron chi connectivity index (χ2n) is 8.38. The Hall–Kier alpha value is -3.22. The van der Waals surface area contributed by atoms with Gasteiger partial charge in [-0.05, 0) is 62.4 Å². The fourth-order valence-corrected chi connectivity index (χ4v) is 4.11. The predicted octanol–water partition coefficient (Wildman–Crippen LogP) is 3.90. The Labute approximate surface area is 196 Å². The number of nitrogens with zero attached hydrogens (tertiary/aromatic N) is 1. The third-order valence-corrected chi connectivity index (χ3v) is 5.98. The second kappa shape index (κ2) is 11.6. The van der Waals surface area contributed by atoms with E-state index in [1.165, 1.54) is 0 Å². The smallest absolute Gasteiger partial charge is 0.253 e. The van der Waals surface area contributed by atoms with Crippen LogP contribution >= 0.6 is 0 Å². The molecule has 1 aliphatic heterocycles. The summed E-state index contributed by atoms with van der Waals surface area (Å²) in [4.78, 5) is 27.0. The Bertz CT molecular complexity index is 947. The van der Waals surface area contributed by atoms with Crippen LogP contribution in [0, 0.1) is 13.8 Å². The van der Waals surface area contributed by atoms with Gasteiger partial charge in [-0.2, -0.15) is 0 Å². The number of amides is 2. The summed E-state index contributed by atoms with van der Waals surface area (Å²) in [6.07, 6.45) is 2.57. The van der Waals surface area contributed by atoms with E-state index in [1.807, 2.05) is 36.9 Å². The van der Waals surface area contributed by atoms with Crippen molar-refractivity contribution in [1.82, 2.24) is 10.2 Å². The molecule has 2 amide bonds. The average Bonchev–Trinajstić information content (AvgIpc) is 2.82. The minimum absolute atomic E-state index is 0.0322. The molecule has 1 aliphatic rings. The molecule has 178 valence electrons. The Morgan fingerprint density at radius 3 is 2.30 bits per heavy atom. The van der Waals surface area contributed by atoms with Crippen molar-refractivity contribution in [3.63, 3.8) is 0 Å². The van der Waals surface area contributed by atoms with Gasteiger partial charge in [-0.1, -0.05) is 18.2 Å². The van der Waals surface area contributed by atoms with Gasteiger partial charge in [-0.25, -0.2) is 0 Å². The van der Waals surface area contributed by atoms with Gasteiger partial charge in [-0.3, -0.25) is 9.59 Å². The maximum atomic E-state index is 12.9. The number of nitrogens with one attached hydrogen (secondary N) is 1. The van der Waals surface area contributed by atoms with Gasteiger partial charge in [0, 0.05) is 31.1 Å². The number of ether oxygens (including phenoxy) is 3. The number of likely N-dealkylation sites (tertiary alicyclic amines) is 1. The lowest BCUT2D eigenvalue weighted by molar-refractivity contribution is -0.122. The average molecular weight is 455 g/mol. The number of piperidine rings is 1. The first-order valence-corrected chi connectivity index (χ1v) is 11.4. The molecule has 0 aliphatic carbocycles. The molecule has 0 unspecified atom stereocenters. The summed E-state index contributed by atoms with van der Waals surface area (Å²) in [5.74, 6) is 2.03. The van der Waals surface area contributed by atoms with E-state index in [-0.39, 0.29) is 17.9 Å². The first-order valence-electron chi connectivity index (χ1n) is 11.4. The highest BCUT2D eigenvalue weighted by atomic mass is 16.5. The number of rotatable bonds is 9.